The molecule has 1 aromatic heterocycles. The van der Waals surface area contributed by atoms with Gasteiger partial charge in [-0.2, -0.15) is 12.7 Å². The molecule has 3 atom stereocenters. The van der Waals surface area contributed by atoms with Gasteiger partial charge in [0, 0.05) is 67.6 Å². The van der Waals surface area contributed by atoms with Crippen molar-refractivity contribution in [3.8, 4) is 17.0 Å². The summed E-state index contributed by atoms with van der Waals surface area (Å²) in [5, 5.41) is 0.967. The fraction of sp³-hybridized carbons (Fsp3) is 0.533. The number of carbonyl (C=O) groups is 1. The highest BCUT2D eigenvalue weighted by Crippen LogP contribution is 2.48. The van der Waals surface area contributed by atoms with Crippen LogP contribution in [0.4, 0.5) is 0 Å². The number of fused-ring (bicyclic) bond motifs is 6. The van der Waals surface area contributed by atoms with Gasteiger partial charge in [0.25, 0.3) is 5.91 Å². The molecule has 3 aromatic carbocycles. The molecule has 4 aromatic rings. The van der Waals surface area contributed by atoms with Crippen molar-refractivity contribution in [3.63, 3.8) is 0 Å². The Morgan fingerprint density at radius 3 is 2.26 bits per heavy atom. The third-order valence-corrected chi connectivity index (χ3v) is 17.0. The number of likely N-dealkylation sites (tertiary alicyclic amines) is 1. The fourth-order valence-electron chi connectivity index (χ4n) is 10.2. The van der Waals surface area contributed by atoms with Crippen LogP contribution in [0.3, 0.4) is 0 Å². The van der Waals surface area contributed by atoms with Crippen LogP contribution in [-0.4, -0.2) is 94.0 Å². The van der Waals surface area contributed by atoms with Gasteiger partial charge >= 0.3 is 10.2 Å². The standard InChI is InChI=1S/C31H39N3O7S2.C14H19N/c1-31(42(3,36)37)19-23-17-24(40-2)10-12-25(23)29-28(21-7-5-4-6-8-21)26-11-9-22(18-27(26)34(29)20-31)30(35)32-43(38,39)33-13-15-41-16-14-33;1-2-5-12(6-3-1)9-15-10-13-7-4-8-14(13)11-15/h9-12,17-18,21H,4-8,13-16,19-20H2,1-3H3,(H,32,35);1-3,5-6,13-14H,4,7-11H2. The average molecular weight is 831 g/mol. The summed E-state index contributed by atoms with van der Waals surface area (Å²) < 4.78 is 67.8. The summed E-state index contributed by atoms with van der Waals surface area (Å²) in [7, 11) is -5.98. The summed E-state index contributed by atoms with van der Waals surface area (Å²) in [5.41, 5.74) is 6.41. The van der Waals surface area contributed by atoms with Crippen LogP contribution in [0.5, 0.6) is 5.75 Å². The third kappa shape index (κ3) is 8.34. The summed E-state index contributed by atoms with van der Waals surface area (Å²) in [6.45, 7) is 6.71. The highest BCUT2D eigenvalue weighted by Gasteiger charge is 2.42. The molecule has 58 heavy (non-hydrogen) atoms. The van der Waals surface area contributed by atoms with Crippen LogP contribution < -0.4 is 9.46 Å². The van der Waals surface area contributed by atoms with E-state index < -0.39 is 30.7 Å². The molecule has 0 spiro atoms. The molecule has 9 rings (SSSR count). The predicted molar refractivity (Wildman–Crippen MR) is 228 cm³/mol. The lowest BCUT2D eigenvalue weighted by atomic mass is 9.81. The van der Waals surface area contributed by atoms with Gasteiger partial charge in [0.1, 0.15) is 5.75 Å². The molecular weight excluding hydrogens is 773 g/mol. The molecule has 13 heteroatoms. The van der Waals surface area contributed by atoms with Crippen LogP contribution in [0.1, 0.15) is 91.3 Å². The van der Waals surface area contributed by atoms with Gasteiger partial charge in [-0.05, 0) is 104 Å². The van der Waals surface area contributed by atoms with Crippen molar-refractivity contribution in [3.05, 3.63) is 89.0 Å². The van der Waals surface area contributed by atoms with Crippen LogP contribution in [0.25, 0.3) is 22.2 Å². The minimum absolute atomic E-state index is 0.173. The lowest BCUT2D eigenvalue weighted by molar-refractivity contribution is 0.0719. The maximum atomic E-state index is 13.4. The second-order valence-corrected chi connectivity index (χ2v) is 21.6. The zero-order valence-corrected chi connectivity index (χ0v) is 35.8. The number of rotatable bonds is 8. The lowest BCUT2D eigenvalue weighted by Gasteiger charge is -2.27. The number of sulfone groups is 1. The highest BCUT2D eigenvalue weighted by molar-refractivity contribution is 7.92. The van der Waals surface area contributed by atoms with Gasteiger partial charge < -0.3 is 14.0 Å². The van der Waals surface area contributed by atoms with E-state index in [0.717, 1.165) is 71.8 Å². The minimum Gasteiger partial charge on any atom is -0.497 e. The van der Waals surface area contributed by atoms with Gasteiger partial charge in [-0.25, -0.2) is 13.1 Å². The van der Waals surface area contributed by atoms with Gasteiger partial charge in [0.15, 0.2) is 9.84 Å². The number of morpholine rings is 1. The summed E-state index contributed by atoms with van der Waals surface area (Å²) in [5.74, 6) is 2.26. The van der Waals surface area contributed by atoms with Gasteiger partial charge in [0.2, 0.25) is 0 Å². The number of benzene rings is 3. The second kappa shape index (κ2) is 16.7. The Labute approximate surface area is 344 Å². The van der Waals surface area contributed by atoms with E-state index in [4.69, 9.17) is 9.47 Å². The number of hydrogen-bond donors (Lipinski definition) is 1. The van der Waals surface area contributed by atoms with Crippen LogP contribution >= 0.6 is 0 Å². The third-order valence-electron chi connectivity index (χ3n) is 13.5. The molecule has 2 saturated carbocycles. The average Bonchev–Trinajstić information content (AvgIpc) is 3.88. The molecule has 0 radical (unpaired) electrons. The first-order valence-electron chi connectivity index (χ1n) is 21.0. The molecule has 2 saturated heterocycles. The fourth-order valence-corrected chi connectivity index (χ4v) is 12.1. The van der Waals surface area contributed by atoms with Crippen molar-refractivity contribution in [1.29, 1.82) is 0 Å². The monoisotopic (exact) mass is 830 g/mol. The summed E-state index contributed by atoms with van der Waals surface area (Å²) in [6, 6.07) is 22.0. The molecule has 3 unspecified atom stereocenters. The van der Waals surface area contributed by atoms with Crippen molar-refractivity contribution in [2.75, 3.05) is 52.8 Å². The molecule has 3 aliphatic heterocycles. The number of amides is 1. The summed E-state index contributed by atoms with van der Waals surface area (Å²) in [4.78, 5) is 16.0. The molecule has 0 bridgehead atoms. The lowest BCUT2D eigenvalue weighted by Crippen LogP contribution is -2.48. The summed E-state index contributed by atoms with van der Waals surface area (Å²) in [6.07, 6.45) is 11.5. The molecular formula is C45H58N4O7S2. The number of nitrogens with zero attached hydrogens (tertiary/aromatic N) is 3. The zero-order chi connectivity index (χ0) is 40.7. The predicted octanol–water partition coefficient (Wildman–Crippen LogP) is 6.95. The van der Waals surface area contributed by atoms with Crippen LogP contribution in [0.15, 0.2) is 66.7 Å². The molecule has 4 heterocycles. The maximum absolute atomic E-state index is 13.4. The van der Waals surface area contributed by atoms with E-state index >= 15 is 0 Å². The number of carbonyl (C=O) groups excluding carboxylic acids is 1. The van der Waals surface area contributed by atoms with Gasteiger partial charge in [-0.15, -0.1) is 0 Å². The largest absolute Gasteiger partial charge is 0.497 e. The Balaban J connectivity index is 0.000000260. The zero-order valence-electron chi connectivity index (χ0n) is 34.1. The summed E-state index contributed by atoms with van der Waals surface area (Å²) >= 11 is 0. The number of methoxy groups -OCH3 is 1. The Morgan fingerprint density at radius 2 is 1.59 bits per heavy atom. The number of ether oxygens (including phenoxy) is 2. The highest BCUT2D eigenvalue weighted by atomic mass is 32.2. The normalized spacial score (nSPS) is 24.3. The van der Waals surface area contributed by atoms with E-state index in [1.54, 1.807) is 26.2 Å². The maximum Gasteiger partial charge on any atom is 0.304 e. The quantitative estimate of drug-likeness (QED) is 0.202. The molecule has 5 aliphatic rings. The van der Waals surface area contributed by atoms with E-state index in [2.05, 4.69) is 44.5 Å². The minimum atomic E-state index is -4.05. The second-order valence-electron chi connectivity index (χ2n) is 17.4. The number of nitrogens with one attached hydrogen (secondary N) is 1. The number of aromatic nitrogens is 1. The van der Waals surface area contributed by atoms with Crippen molar-refractivity contribution in [1.82, 2.24) is 18.5 Å². The molecule has 11 nitrogen and oxygen atoms in total. The van der Waals surface area contributed by atoms with Gasteiger partial charge in [0.05, 0.1) is 30.8 Å². The van der Waals surface area contributed by atoms with E-state index in [0.29, 0.717) is 12.2 Å². The Hall–Kier alpha value is -3.75. The Kier molecular flexibility index (Phi) is 11.8. The number of hydrogen-bond acceptors (Lipinski definition) is 8. The first-order valence-corrected chi connectivity index (χ1v) is 24.4. The van der Waals surface area contributed by atoms with Crippen molar-refractivity contribution in [2.45, 2.75) is 88.5 Å². The Morgan fingerprint density at radius 1 is 0.879 bits per heavy atom. The SMILES string of the molecule is COc1ccc2c(c1)CC(C)(S(C)(=O)=O)Cn1c-2c(C2CCCCC2)c2ccc(C(=O)NS(=O)(=O)N3CCOCC3)cc21.c1ccc(CN2CC3CCCC3C2)cc1. The first kappa shape index (κ1) is 41.0. The molecule has 2 aliphatic carbocycles. The van der Waals surface area contributed by atoms with Gasteiger partial charge in [-0.3, -0.25) is 9.69 Å². The van der Waals surface area contributed by atoms with E-state index in [1.165, 1.54) is 60.5 Å². The van der Waals surface area contributed by atoms with Crippen molar-refractivity contribution in [2.24, 2.45) is 11.8 Å². The topological polar surface area (TPSA) is 127 Å². The molecule has 4 fully saturated rings. The van der Waals surface area contributed by atoms with Crippen molar-refractivity contribution >= 4 is 36.9 Å². The van der Waals surface area contributed by atoms with Crippen LogP contribution in [0, 0.1) is 11.8 Å². The smallest absolute Gasteiger partial charge is 0.304 e. The van der Waals surface area contributed by atoms with Crippen molar-refractivity contribution < 1.29 is 31.1 Å². The van der Waals surface area contributed by atoms with E-state index in [9.17, 15) is 21.6 Å². The Bertz CT molecular complexity index is 2340. The van der Waals surface area contributed by atoms with Crippen LogP contribution in [-0.2, 0) is 44.3 Å². The molecule has 1 amide bonds. The van der Waals surface area contributed by atoms with Gasteiger partial charge in [-0.1, -0.05) is 62.1 Å². The van der Waals surface area contributed by atoms with E-state index in [1.807, 2.05) is 24.3 Å². The molecule has 312 valence electrons. The first-order chi connectivity index (χ1) is 27.8. The molecule has 1 N–H and O–H groups in total. The van der Waals surface area contributed by atoms with Crippen LogP contribution in [0.2, 0.25) is 0 Å². The van der Waals surface area contributed by atoms with E-state index in [-0.39, 0.29) is 44.3 Å².